The number of piperazine rings is 1. The van der Waals surface area contributed by atoms with Crippen molar-refractivity contribution >= 4 is 15.9 Å². The number of benzene rings is 2. The molecule has 2 fully saturated rings. The van der Waals surface area contributed by atoms with Crippen LogP contribution in [0.3, 0.4) is 0 Å². The highest BCUT2D eigenvalue weighted by atomic mass is 32.2. The Kier molecular flexibility index (Phi) is 7.60. The summed E-state index contributed by atoms with van der Waals surface area (Å²) in [5.74, 6) is 0.529. The highest BCUT2D eigenvalue weighted by Crippen LogP contribution is 2.35. The molecular weight excluding hydrogens is 422 g/mol. The van der Waals surface area contributed by atoms with Crippen molar-refractivity contribution in [3.05, 3.63) is 71.8 Å². The van der Waals surface area contributed by atoms with Crippen LogP contribution < -0.4 is 5.32 Å². The lowest BCUT2D eigenvalue weighted by molar-refractivity contribution is -0.123. The van der Waals surface area contributed by atoms with E-state index in [1.165, 1.54) is 18.4 Å². The van der Waals surface area contributed by atoms with E-state index < -0.39 is 10.0 Å². The van der Waals surface area contributed by atoms with Gasteiger partial charge >= 0.3 is 0 Å². The van der Waals surface area contributed by atoms with Crippen molar-refractivity contribution in [3.63, 3.8) is 0 Å². The van der Waals surface area contributed by atoms with Crippen LogP contribution in [0, 0.1) is 5.92 Å². The molecule has 1 amide bonds. The lowest BCUT2D eigenvalue weighted by Gasteiger charge is -2.34. The van der Waals surface area contributed by atoms with Gasteiger partial charge in [0.25, 0.3) is 0 Å². The summed E-state index contributed by atoms with van der Waals surface area (Å²) in [7, 11) is -3.35. The van der Waals surface area contributed by atoms with Crippen molar-refractivity contribution in [1.82, 2.24) is 14.5 Å². The Bertz CT molecular complexity index is 968. The van der Waals surface area contributed by atoms with E-state index in [0.29, 0.717) is 38.6 Å². The van der Waals surface area contributed by atoms with Gasteiger partial charge in [0.1, 0.15) is 0 Å². The molecule has 6 nitrogen and oxygen atoms in total. The maximum absolute atomic E-state index is 12.9. The van der Waals surface area contributed by atoms with Crippen molar-refractivity contribution in [2.75, 3.05) is 32.7 Å². The largest absolute Gasteiger partial charge is 0.348 e. The SMILES string of the molecule is O=C(CN1CCN(S(=O)(=O)Cc2ccccc2)CC1)NC(c1ccccc1)C1CCCC1. The Morgan fingerprint density at radius 1 is 0.906 bits per heavy atom. The van der Waals surface area contributed by atoms with E-state index in [1.54, 1.807) is 4.31 Å². The average molecular weight is 456 g/mol. The first-order valence-electron chi connectivity index (χ1n) is 11.6. The molecule has 7 heteroatoms. The van der Waals surface area contributed by atoms with E-state index in [-0.39, 0.29) is 17.7 Å². The van der Waals surface area contributed by atoms with E-state index in [0.717, 1.165) is 18.4 Å². The minimum Gasteiger partial charge on any atom is -0.348 e. The second-order valence-corrected chi connectivity index (χ2v) is 10.9. The molecule has 0 aromatic heterocycles. The van der Waals surface area contributed by atoms with Gasteiger partial charge in [-0.2, -0.15) is 4.31 Å². The number of carbonyl (C=O) groups is 1. The van der Waals surface area contributed by atoms with Crippen LogP contribution >= 0.6 is 0 Å². The summed E-state index contributed by atoms with van der Waals surface area (Å²) in [5.41, 5.74) is 1.97. The lowest BCUT2D eigenvalue weighted by Crippen LogP contribution is -2.51. The summed E-state index contributed by atoms with van der Waals surface area (Å²) in [6, 6.07) is 19.6. The molecule has 1 heterocycles. The Labute approximate surface area is 191 Å². The summed E-state index contributed by atoms with van der Waals surface area (Å²) in [5, 5.41) is 3.28. The van der Waals surface area contributed by atoms with Crippen molar-refractivity contribution in [2.24, 2.45) is 5.92 Å². The molecule has 1 saturated carbocycles. The van der Waals surface area contributed by atoms with Crippen LogP contribution in [-0.2, 0) is 20.6 Å². The smallest absolute Gasteiger partial charge is 0.234 e. The standard InChI is InChI=1S/C25H33N3O3S/c29-24(26-25(23-13-7-8-14-23)22-11-5-2-6-12-22)19-27-15-17-28(18-16-27)32(30,31)20-21-9-3-1-4-10-21/h1-6,9-12,23,25H,7-8,13-20H2,(H,26,29). The molecule has 2 aromatic rings. The van der Waals surface area contributed by atoms with E-state index in [4.69, 9.17) is 0 Å². The zero-order valence-electron chi connectivity index (χ0n) is 18.5. The molecule has 0 bridgehead atoms. The minimum absolute atomic E-state index is 0.0198. The number of hydrogen-bond acceptors (Lipinski definition) is 4. The van der Waals surface area contributed by atoms with Crippen LogP contribution in [0.2, 0.25) is 0 Å². The van der Waals surface area contributed by atoms with E-state index in [1.807, 2.05) is 48.5 Å². The molecule has 2 aliphatic rings. The molecule has 1 aliphatic carbocycles. The summed E-state index contributed by atoms with van der Waals surface area (Å²) in [4.78, 5) is 14.9. The quantitative estimate of drug-likeness (QED) is 0.664. The van der Waals surface area contributed by atoms with Gasteiger partial charge in [-0.15, -0.1) is 0 Å². The van der Waals surface area contributed by atoms with Crippen LogP contribution in [0.1, 0.15) is 42.9 Å². The zero-order valence-corrected chi connectivity index (χ0v) is 19.3. The molecule has 1 unspecified atom stereocenters. The van der Waals surface area contributed by atoms with Crippen molar-refractivity contribution in [2.45, 2.75) is 37.5 Å². The zero-order chi connectivity index (χ0) is 22.4. The van der Waals surface area contributed by atoms with Crippen LogP contribution in [-0.4, -0.2) is 56.3 Å². The number of nitrogens with zero attached hydrogens (tertiary/aromatic N) is 2. The second kappa shape index (κ2) is 10.6. The van der Waals surface area contributed by atoms with Gasteiger partial charge in [-0.25, -0.2) is 8.42 Å². The molecule has 1 atom stereocenters. The molecule has 0 spiro atoms. The predicted octanol–water partition coefficient (Wildman–Crippen LogP) is 3.18. The fourth-order valence-corrected chi connectivity index (χ4v) is 6.40. The molecule has 172 valence electrons. The topological polar surface area (TPSA) is 69.7 Å². The number of sulfonamides is 1. The molecule has 0 radical (unpaired) electrons. The number of rotatable bonds is 8. The average Bonchev–Trinajstić information content (AvgIpc) is 3.33. The van der Waals surface area contributed by atoms with Gasteiger partial charge in [0.05, 0.1) is 18.3 Å². The molecular formula is C25H33N3O3S. The molecule has 4 rings (SSSR count). The Morgan fingerprint density at radius 3 is 2.12 bits per heavy atom. The first kappa shape index (κ1) is 23.0. The Balaban J connectivity index is 1.30. The van der Waals surface area contributed by atoms with Gasteiger partial charge in [0.2, 0.25) is 15.9 Å². The number of carbonyl (C=O) groups excluding carboxylic acids is 1. The Hall–Kier alpha value is -2.22. The maximum atomic E-state index is 12.9. The van der Waals surface area contributed by atoms with Gasteiger partial charge in [0, 0.05) is 26.2 Å². The lowest BCUT2D eigenvalue weighted by atomic mass is 9.91. The van der Waals surface area contributed by atoms with Crippen LogP contribution in [0.5, 0.6) is 0 Å². The molecule has 2 aromatic carbocycles. The minimum atomic E-state index is -3.35. The fraction of sp³-hybridized carbons (Fsp3) is 0.480. The van der Waals surface area contributed by atoms with E-state index >= 15 is 0 Å². The monoisotopic (exact) mass is 455 g/mol. The van der Waals surface area contributed by atoms with Gasteiger partial charge in [-0.1, -0.05) is 73.5 Å². The summed E-state index contributed by atoms with van der Waals surface area (Å²) >= 11 is 0. The van der Waals surface area contributed by atoms with E-state index in [2.05, 4.69) is 22.3 Å². The number of amides is 1. The third kappa shape index (κ3) is 5.97. The fourth-order valence-electron chi connectivity index (χ4n) is 4.89. The van der Waals surface area contributed by atoms with Crippen molar-refractivity contribution in [1.29, 1.82) is 0 Å². The molecule has 1 aliphatic heterocycles. The molecule has 32 heavy (non-hydrogen) atoms. The normalized spacial score (nSPS) is 19.6. The summed E-state index contributed by atoms with van der Waals surface area (Å²) < 4.78 is 27.1. The molecule has 1 saturated heterocycles. The highest BCUT2D eigenvalue weighted by Gasteiger charge is 2.30. The van der Waals surface area contributed by atoms with Crippen molar-refractivity contribution < 1.29 is 13.2 Å². The van der Waals surface area contributed by atoms with Crippen LogP contribution in [0.25, 0.3) is 0 Å². The Morgan fingerprint density at radius 2 is 1.50 bits per heavy atom. The number of nitrogens with one attached hydrogen (secondary N) is 1. The van der Waals surface area contributed by atoms with Gasteiger partial charge in [-0.3, -0.25) is 9.69 Å². The first-order chi connectivity index (χ1) is 15.5. The first-order valence-corrected chi connectivity index (χ1v) is 13.2. The van der Waals surface area contributed by atoms with Gasteiger partial charge < -0.3 is 5.32 Å². The van der Waals surface area contributed by atoms with Crippen molar-refractivity contribution in [3.8, 4) is 0 Å². The van der Waals surface area contributed by atoms with Gasteiger partial charge in [-0.05, 0) is 29.9 Å². The maximum Gasteiger partial charge on any atom is 0.234 e. The third-order valence-electron chi connectivity index (χ3n) is 6.63. The molecule has 1 N–H and O–H groups in total. The van der Waals surface area contributed by atoms with Crippen LogP contribution in [0.4, 0.5) is 0 Å². The number of hydrogen-bond donors (Lipinski definition) is 1. The highest BCUT2D eigenvalue weighted by molar-refractivity contribution is 7.88. The van der Waals surface area contributed by atoms with Gasteiger partial charge in [0.15, 0.2) is 0 Å². The summed E-state index contributed by atoms with van der Waals surface area (Å²) in [6.07, 6.45) is 4.75. The third-order valence-corrected chi connectivity index (χ3v) is 8.48. The van der Waals surface area contributed by atoms with E-state index in [9.17, 15) is 13.2 Å². The predicted molar refractivity (Wildman–Crippen MR) is 126 cm³/mol. The van der Waals surface area contributed by atoms with Crippen LogP contribution in [0.15, 0.2) is 60.7 Å². The summed E-state index contributed by atoms with van der Waals surface area (Å²) in [6.45, 7) is 2.30. The second-order valence-electron chi connectivity index (χ2n) is 8.92.